The lowest BCUT2D eigenvalue weighted by atomic mass is 9.95. The minimum Gasteiger partial charge on any atom is -0.352 e. The van der Waals surface area contributed by atoms with Gasteiger partial charge in [0.25, 0.3) is 0 Å². The number of hydrogen-bond acceptors (Lipinski definition) is 4. The molecule has 1 heterocycles. The summed E-state index contributed by atoms with van der Waals surface area (Å²) in [6.45, 7) is 3.20. The number of benzene rings is 1. The number of primary sulfonamides is 1. The van der Waals surface area contributed by atoms with Crippen molar-refractivity contribution >= 4 is 15.9 Å². The normalized spacial score (nSPS) is 22.8. The lowest BCUT2D eigenvalue weighted by Crippen LogP contribution is -2.43. The minimum atomic E-state index is -3.67. The van der Waals surface area contributed by atoms with Crippen LogP contribution >= 0.6 is 0 Å². The summed E-state index contributed by atoms with van der Waals surface area (Å²) < 4.78 is 22.3. The molecular weight excluding hydrogens is 290 g/mol. The predicted octanol–water partition coefficient (Wildman–Crippen LogP) is 0.338. The number of hydrogen-bond donors (Lipinski definition) is 3. The molecule has 7 heteroatoms. The van der Waals surface area contributed by atoms with Crippen molar-refractivity contribution in [3.8, 4) is 0 Å². The van der Waals surface area contributed by atoms with Gasteiger partial charge in [-0.25, -0.2) is 13.6 Å². The van der Waals surface area contributed by atoms with Crippen LogP contribution in [0.4, 0.5) is 0 Å². The molecule has 0 radical (unpaired) electrons. The van der Waals surface area contributed by atoms with E-state index in [0.717, 1.165) is 18.4 Å². The molecule has 1 aromatic rings. The highest BCUT2D eigenvalue weighted by molar-refractivity contribution is 7.89. The Kier molecular flexibility index (Phi) is 4.97. The van der Waals surface area contributed by atoms with Crippen molar-refractivity contribution in [2.45, 2.75) is 37.2 Å². The van der Waals surface area contributed by atoms with Crippen LogP contribution < -0.4 is 15.8 Å². The molecular formula is C14H21N3O3S. The zero-order chi connectivity index (χ0) is 15.5. The van der Waals surface area contributed by atoms with Gasteiger partial charge in [-0.2, -0.15) is 0 Å². The summed E-state index contributed by atoms with van der Waals surface area (Å²) in [5, 5.41) is 11.2. The number of nitrogens with two attached hydrogens (primary N) is 1. The van der Waals surface area contributed by atoms with Crippen molar-refractivity contribution in [2.75, 3.05) is 6.54 Å². The van der Waals surface area contributed by atoms with Gasteiger partial charge in [0.2, 0.25) is 15.9 Å². The van der Waals surface area contributed by atoms with E-state index in [0.29, 0.717) is 19.1 Å². The predicted molar refractivity (Wildman–Crippen MR) is 79.9 cm³/mol. The van der Waals surface area contributed by atoms with Gasteiger partial charge in [-0.3, -0.25) is 4.79 Å². The van der Waals surface area contributed by atoms with Crippen molar-refractivity contribution in [2.24, 2.45) is 11.1 Å². The molecule has 0 aromatic heterocycles. The standard InChI is InChI=1S/C14H21N3O3S/c1-10-2-5-12(9-16-10)14(18)17-8-11-3-6-13(7-4-11)21(15,19)20/h3-4,6-7,10,12,16H,2,5,8-9H2,1H3,(H,17,18)(H2,15,19,20). The van der Waals surface area contributed by atoms with E-state index in [1.165, 1.54) is 12.1 Å². The zero-order valence-electron chi connectivity index (χ0n) is 12.0. The first-order valence-electron chi connectivity index (χ1n) is 6.99. The third kappa shape index (κ3) is 4.52. The SMILES string of the molecule is CC1CCC(C(=O)NCc2ccc(S(N)(=O)=O)cc2)CN1. The Morgan fingerprint density at radius 3 is 2.52 bits per heavy atom. The van der Waals surface area contributed by atoms with Gasteiger partial charge in [-0.05, 0) is 37.5 Å². The Balaban J connectivity index is 1.87. The van der Waals surface area contributed by atoms with Crippen molar-refractivity contribution < 1.29 is 13.2 Å². The van der Waals surface area contributed by atoms with Crippen LogP contribution in [-0.4, -0.2) is 26.9 Å². The van der Waals surface area contributed by atoms with Crippen molar-refractivity contribution in [1.82, 2.24) is 10.6 Å². The van der Waals surface area contributed by atoms with Crippen LogP contribution in [0.15, 0.2) is 29.2 Å². The highest BCUT2D eigenvalue weighted by Gasteiger charge is 2.23. The van der Waals surface area contributed by atoms with Gasteiger partial charge in [0.1, 0.15) is 0 Å². The molecule has 1 amide bonds. The van der Waals surface area contributed by atoms with E-state index < -0.39 is 10.0 Å². The summed E-state index contributed by atoms with van der Waals surface area (Å²) in [5.74, 6) is 0.0369. The van der Waals surface area contributed by atoms with E-state index in [1.807, 2.05) is 0 Å². The van der Waals surface area contributed by atoms with Crippen molar-refractivity contribution in [3.05, 3.63) is 29.8 Å². The van der Waals surface area contributed by atoms with Gasteiger partial charge in [0.15, 0.2) is 0 Å². The summed E-state index contributed by atoms with van der Waals surface area (Å²) in [6, 6.07) is 6.67. The topological polar surface area (TPSA) is 101 Å². The van der Waals surface area contributed by atoms with Gasteiger partial charge >= 0.3 is 0 Å². The lowest BCUT2D eigenvalue weighted by Gasteiger charge is -2.26. The van der Waals surface area contributed by atoms with E-state index in [9.17, 15) is 13.2 Å². The Morgan fingerprint density at radius 1 is 1.33 bits per heavy atom. The first-order chi connectivity index (χ1) is 9.86. The molecule has 1 fully saturated rings. The smallest absolute Gasteiger partial charge is 0.238 e. The number of nitrogens with one attached hydrogen (secondary N) is 2. The summed E-state index contributed by atoms with van der Waals surface area (Å²) in [4.78, 5) is 12.1. The van der Waals surface area contributed by atoms with Gasteiger partial charge in [-0.15, -0.1) is 0 Å². The average molecular weight is 311 g/mol. The van der Waals surface area contributed by atoms with Gasteiger partial charge in [0.05, 0.1) is 10.8 Å². The highest BCUT2D eigenvalue weighted by atomic mass is 32.2. The number of amides is 1. The average Bonchev–Trinajstić information content (AvgIpc) is 2.45. The molecule has 2 atom stereocenters. The number of rotatable bonds is 4. The molecule has 0 spiro atoms. The second kappa shape index (κ2) is 6.55. The van der Waals surface area contributed by atoms with E-state index >= 15 is 0 Å². The van der Waals surface area contributed by atoms with Crippen molar-refractivity contribution in [3.63, 3.8) is 0 Å². The molecule has 1 aromatic carbocycles. The second-order valence-electron chi connectivity index (χ2n) is 5.49. The van der Waals surface area contributed by atoms with Gasteiger partial charge in [0, 0.05) is 19.1 Å². The maximum atomic E-state index is 12.0. The van der Waals surface area contributed by atoms with Crippen LogP contribution in [0.3, 0.4) is 0 Å². The molecule has 6 nitrogen and oxygen atoms in total. The second-order valence-corrected chi connectivity index (χ2v) is 7.05. The highest BCUT2D eigenvalue weighted by Crippen LogP contribution is 2.14. The van der Waals surface area contributed by atoms with E-state index in [1.54, 1.807) is 12.1 Å². The van der Waals surface area contributed by atoms with Crippen LogP contribution in [0.25, 0.3) is 0 Å². The summed E-state index contributed by atoms with van der Waals surface area (Å²) in [5.41, 5.74) is 0.841. The van der Waals surface area contributed by atoms with Crippen molar-refractivity contribution in [1.29, 1.82) is 0 Å². The molecule has 0 bridgehead atoms. The fraction of sp³-hybridized carbons (Fsp3) is 0.500. The fourth-order valence-corrected chi connectivity index (χ4v) is 2.87. The maximum Gasteiger partial charge on any atom is 0.238 e. The Morgan fingerprint density at radius 2 is 2.00 bits per heavy atom. The number of piperidine rings is 1. The Bertz CT molecular complexity index is 590. The molecule has 1 aliphatic rings. The largest absolute Gasteiger partial charge is 0.352 e. The Labute approximate surface area is 125 Å². The number of carbonyl (C=O) groups is 1. The molecule has 0 saturated carbocycles. The zero-order valence-corrected chi connectivity index (χ0v) is 12.8. The monoisotopic (exact) mass is 311 g/mol. The van der Waals surface area contributed by atoms with Gasteiger partial charge < -0.3 is 10.6 Å². The van der Waals surface area contributed by atoms with E-state index in [4.69, 9.17) is 5.14 Å². The number of carbonyl (C=O) groups excluding carboxylic acids is 1. The van der Waals surface area contributed by atoms with Crippen LogP contribution in [0.2, 0.25) is 0 Å². The first kappa shape index (κ1) is 15.9. The third-order valence-electron chi connectivity index (χ3n) is 3.75. The molecule has 21 heavy (non-hydrogen) atoms. The maximum absolute atomic E-state index is 12.0. The fourth-order valence-electron chi connectivity index (χ4n) is 2.35. The molecule has 0 aliphatic carbocycles. The quantitative estimate of drug-likeness (QED) is 0.746. The molecule has 116 valence electrons. The van der Waals surface area contributed by atoms with Crippen LogP contribution in [0, 0.1) is 5.92 Å². The van der Waals surface area contributed by atoms with Crippen LogP contribution in [0.5, 0.6) is 0 Å². The molecule has 4 N–H and O–H groups in total. The van der Waals surface area contributed by atoms with Gasteiger partial charge in [-0.1, -0.05) is 12.1 Å². The van der Waals surface area contributed by atoms with E-state index in [-0.39, 0.29) is 16.7 Å². The summed E-state index contributed by atoms with van der Waals surface area (Å²) >= 11 is 0. The number of sulfonamides is 1. The van der Waals surface area contributed by atoms with Crippen LogP contribution in [0.1, 0.15) is 25.3 Å². The van der Waals surface area contributed by atoms with E-state index in [2.05, 4.69) is 17.6 Å². The summed E-state index contributed by atoms with van der Waals surface area (Å²) in [6.07, 6.45) is 1.89. The minimum absolute atomic E-state index is 0.00453. The third-order valence-corrected chi connectivity index (χ3v) is 4.68. The summed E-state index contributed by atoms with van der Waals surface area (Å²) in [7, 11) is -3.67. The molecule has 2 rings (SSSR count). The molecule has 1 aliphatic heterocycles. The van der Waals surface area contributed by atoms with Crippen LogP contribution in [-0.2, 0) is 21.4 Å². The molecule has 1 saturated heterocycles. The first-order valence-corrected chi connectivity index (χ1v) is 8.54. The lowest BCUT2D eigenvalue weighted by molar-refractivity contribution is -0.125. The Hall–Kier alpha value is -1.44. The molecule has 2 unspecified atom stereocenters.